The zero-order valence-electron chi connectivity index (χ0n) is 12.0. The SMILES string of the molecule is CCNC(C)(C)C(=O)N(C)C(C)Cc1cccs1. The highest BCUT2D eigenvalue weighted by molar-refractivity contribution is 7.09. The lowest BCUT2D eigenvalue weighted by Gasteiger charge is -2.33. The van der Waals surface area contributed by atoms with Crippen LogP contribution in [0.15, 0.2) is 17.5 Å². The fraction of sp³-hybridized carbons (Fsp3) is 0.643. The summed E-state index contributed by atoms with van der Waals surface area (Å²) in [5.74, 6) is 0.147. The molecular formula is C14H24N2OS. The molecule has 0 saturated carbocycles. The van der Waals surface area contributed by atoms with Crippen molar-refractivity contribution < 1.29 is 4.79 Å². The van der Waals surface area contributed by atoms with Crippen LogP contribution in [0, 0.1) is 0 Å². The van der Waals surface area contributed by atoms with E-state index in [1.165, 1.54) is 4.88 Å². The van der Waals surface area contributed by atoms with Crippen LogP contribution in [0.5, 0.6) is 0 Å². The van der Waals surface area contributed by atoms with Crippen LogP contribution in [0.3, 0.4) is 0 Å². The molecule has 0 fully saturated rings. The summed E-state index contributed by atoms with van der Waals surface area (Å²) in [4.78, 5) is 15.6. The molecule has 1 atom stereocenters. The van der Waals surface area contributed by atoms with Gasteiger partial charge in [-0.3, -0.25) is 4.79 Å². The van der Waals surface area contributed by atoms with Crippen LogP contribution in [0.4, 0.5) is 0 Å². The molecule has 4 heteroatoms. The summed E-state index contributed by atoms with van der Waals surface area (Å²) < 4.78 is 0. The van der Waals surface area contributed by atoms with E-state index in [1.54, 1.807) is 11.3 Å². The maximum Gasteiger partial charge on any atom is 0.242 e. The van der Waals surface area contributed by atoms with Gasteiger partial charge in [0, 0.05) is 24.4 Å². The Hall–Kier alpha value is -0.870. The molecule has 0 aliphatic rings. The first kappa shape index (κ1) is 15.2. The molecule has 18 heavy (non-hydrogen) atoms. The Morgan fingerprint density at radius 2 is 2.22 bits per heavy atom. The van der Waals surface area contributed by atoms with Crippen LogP contribution in [-0.2, 0) is 11.2 Å². The van der Waals surface area contributed by atoms with Gasteiger partial charge in [-0.1, -0.05) is 13.0 Å². The Morgan fingerprint density at radius 3 is 2.72 bits per heavy atom. The first-order valence-electron chi connectivity index (χ1n) is 6.43. The Morgan fingerprint density at radius 1 is 1.56 bits per heavy atom. The molecule has 0 bridgehead atoms. The summed E-state index contributed by atoms with van der Waals surface area (Å²) >= 11 is 1.74. The van der Waals surface area contributed by atoms with Gasteiger partial charge in [-0.15, -0.1) is 11.3 Å². The van der Waals surface area contributed by atoms with E-state index in [2.05, 4.69) is 29.8 Å². The summed E-state index contributed by atoms with van der Waals surface area (Å²) in [5.41, 5.74) is -0.493. The van der Waals surface area contributed by atoms with Gasteiger partial charge in [0.05, 0.1) is 5.54 Å². The van der Waals surface area contributed by atoms with E-state index < -0.39 is 5.54 Å². The molecule has 1 unspecified atom stereocenters. The topological polar surface area (TPSA) is 32.3 Å². The van der Waals surface area contributed by atoms with E-state index in [9.17, 15) is 4.79 Å². The monoisotopic (exact) mass is 268 g/mol. The number of amides is 1. The molecule has 1 N–H and O–H groups in total. The van der Waals surface area contributed by atoms with Crippen molar-refractivity contribution in [1.29, 1.82) is 0 Å². The number of hydrogen-bond donors (Lipinski definition) is 1. The predicted octanol–water partition coefficient (Wildman–Crippen LogP) is 2.53. The third-order valence-corrected chi connectivity index (χ3v) is 4.11. The molecule has 1 heterocycles. The minimum atomic E-state index is -0.493. The van der Waals surface area contributed by atoms with Gasteiger partial charge in [-0.25, -0.2) is 0 Å². The highest BCUT2D eigenvalue weighted by Gasteiger charge is 2.31. The molecule has 0 aromatic carbocycles. The van der Waals surface area contributed by atoms with E-state index in [0.717, 1.165) is 13.0 Å². The Kier molecular flexibility index (Phi) is 5.35. The fourth-order valence-electron chi connectivity index (χ4n) is 2.02. The van der Waals surface area contributed by atoms with Crippen LogP contribution < -0.4 is 5.32 Å². The molecule has 0 spiro atoms. The fourth-order valence-corrected chi connectivity index (χ4v) is 2.84. The average Bonchev–Trinajstić information content (AvgIpc) is 2.79. The van der Waals surface area contributed by atoms with Crippen molar-refractivity contribution >= 4 is 17.2 Å². The minimum absolute atomic E-state index is 0.147. The first-order chi connectivity index (χ1) is 8.38. The molecule has 1 rings (SSSR count). The second-order valence-electron chi connectivity index (χ2n) is 5.20. The lowest BCUT2D eigenvalue weighted by molar-refractivity contribution is -0.137. The molecule has 0 aliphatic heterocycles. The number of hydrogen-bond acceptors (Lipinski definition) is 3. The molecule has 3 nitrogen and oxygen atoms in total. The van der Waals surface area contributed by atoms with Crippen molar-refractivity contribution in [3.8, 4) is 0 Å². The summed E-state index contributed by atoms with van der Waals surface area (Å²) in [6, 6.07) is 4.39. The van der Waals surface area contributed by atoms with Gasteiger partial charge >= 0.3 is 0 Å². The zero-order valence-corrected chi connectivity index (χ0v) is 12.8. The molecule has 1 amide bonds. The van der Waals surface area contributed by atoms with Crippen LogP contribution in [0.2, 0.25) is 0 Å². The number of carbonyl (C=O) groups is 1. The summed E-state index contributed by atoms with van der Waals surface area (Å²) in [6.45, 7) is 8.79. The Balaban J connectivity index is 2.62. The van der Waals surface area contributed by atoms with Crippen molar-refractivity contribution in [2.24, 2.45) is 0 Å². The number of rotatable bonds is 6. The van der Waals surface area contributed by atoms with E-state index in [0.29, 0.717) is 0 Å². The second-order valence-corrected chi connectivity index (χ2v) is 6.24. The number of nitrogens with one attached hydrogen (secondary N) is 1. The highest BCUT2D eigenvalue weighted by atomic mass is 32.1. The van der Waals surface area contributed by atoms with E-state index in [1.807, 2.05) is 32.7 Å². The van der Waals surface area contributed by atoms with Crippen LogP contribution >= 0.6 is 11.3 Å². The smallest absolute Gasteiger partial charge is 0.242 e. The van der Waals surface area contributed by atoms with Gasteiger partial charge in [0.15, 0.2) is 0 Å². The van der Waals surface area contributed by atoms with Crippen molar-refractivity contribution in [3.05, 3.63) is 22.4 Å². The number of nitrogens with zero attached hydrogens (tertiary/aromatic N) is 1. The predicted molar refractivity (Wildman–Crippen MR) is 78.0 cm³/mol. The molecule has 1 aromatic heterocycles. The number of thiophene rings is 1. The van der Waals surface area contributed by atoms with E-state index in [4.69, 9.17) is 0 Å². The van der Waals surface area contributed by atoms with Crippen molar-refractivity contribution in [3.63, 3.8) is 0 Å². The van der Waals surface area contributed by atoms with Crippen molar-refractivity contribution in [2.45, 2.75) is 45.7 Å². The minimum Gasteiger partial charge on any atom is -0.341 e. The Labute approximate surface area is 114 Å². The van der Waals surface area contributed by atoms with Crippen molar-refractivity contribution in [2.75, 3.05) is 13.6 Å². The van der Waals surface area contributed by atoms with Gasteiger partial charge in [0.25, 0.3) is 0 Å². The first-order valence-corrected chi connectivity index (χ1v) is 7.31. The standard InChI is InChI=1S/C14H24N2OS/c1-6-15-14(3,4)13(17)16(5)11(2)10-12-8-7-9-18-12/h7-9,11,15H,6,10H2,1-5H3. The second kappa shape index (κ2) is 6.34. The third kappa shape index (κ3) is 3.82. The maximum atomic E-state index is 12.4. The van der Waals surface area contributed by atoms with Gasteiger partial charge in [0.1, 0.15) is 0 Å². The lowest BCUT2D eigenvalue weighted by atomic mass is 10.0. The summed E-state index contributed by atoms with van der Waals surface area (Å²) in [5, 5.41) is 5.30. The molecule has 1 aromatic rings. The quantitative estimate of drug-likeness (QED) is 0.860. The normalized spacial score (nSPS) is 13.4. The van der Waals surface area contributed by atoms with Crippen LogP contribution in [0.25, 0.3) is 0 Å². The van der Waals surface area contributed by atoms with E-state index in [-0.39, 0.29) is 11.9 Å². The average molecular weight is 268 g/mol. The highest BCUT2D eigenvalue weighted by Crippen LogP contribution is 2.16. The number of carbonyl (C=O) groups excluding carboxylic acids is 1. The van der Waals surface area contributed by atoms with Gasteiger partial charge in [0.2, 0.25) is 5.91 Å². The maximum absolute atomic E-state index is 12.4. The van der Waals surface area contributed by atoms with Gasteiger partial charge < -0.3 is 10.2 Å². The van der Waals surface area contributed by atoms with E-state index >= 15 is 0 Å². The molecule has 0 radical (unpaired) electrons. The third-order valence-electron chi connectivity index (χ3n) is 3.21. The zero-order chi connectivity index (χ0) is 13.8. The summed E-state index contributed by atoms with van der Waals surface area (Å²) in [6.07, 6.45) is 0.919. The molecule has 0 saturated heterocycles. The number of likely N-dealkylation sites (N-methyl/N-ethyl adjacent to an activating group) is 2. The van der Waals surface area contributed by atoms with Gasteiger partial charge in [-0.2, -0.15) is 0 Å². The lowest BCUT2D eigenvalue weighted by Crippen LogP contribution is -2.55. The Bertz CT molecular complexity index is 373. The molecule has 102 valence electrons. The van der Waals surface area contributed by atoms with Gasteiger partial charge in [-0.05, 0) is 38.8 Å². The largest absolute Gasteiger partial charge is 0.341 e. The summed E-state index contributed by atoms with van der Waals surface area (Å²) in [7, 11) is 1.89. The molecule has 0 aliphatic carbocycles. The van der Waals surface area contributed by atoms with Crippen LogP contribution in [-0.4, -0.2) is 36.0 Å². The van der Waals surface area contributed by atoms with Crippen LogP contribution in [0.1, 0.15) is 32.6 Å². The molecular weight excluding hydrogens is 244 g/mol. The van der Waals surface area contributed by atoms with Crippen molar-refractivity contribution in [1.82, 2.24) is 10.2 Å².